The summed E-state index contributed by atoms with van der Waals surface area (Å²) in [5, 5.41) is 0.920. The summed E-state index contributed by atoms with van der Waals surface area (Å²) >= 11 is 0. The van der Waals surface area contributed by atoms with Gasteiger partial charge in [0.2, 0.25) is 0 Å². The molecule has 206 valence electrons. The molecule has 0 aliphatic heterocycles. The number of anilines is 1. The number of unbranched alkanes of at least 4 members (excludes halogenated alkanes) is 2. The predicted octanol–water partition coefficient (Wildman–Crippen LogP) is 6.81. The van der Waals surface area contributed by atoms with Crippen molar-refractivity contribution < 1.29 is 32.2 Å². The van der Waals surface area contributed by atoms with Gasteiger partial charge >= 0.3 is 12.1 Å². The minimum Gasteiger partial charge on any atom is -0.486 e. The van der Waals surface area contributed by atoms with Crippen molar-refractivity contribution in [3.8, 4) is 17.0 Å². The number of hydrogen-bond acceptors (Lipinski definition) is 5. The molecule has 38 heavy (non-hydrogen) atoms. The van der Waals surface area contributed by atoms with Crippen molar-refractivity contribution in [2.45, 2.75) is 51.8 Å². The molecule has 3 rings (SSSR count). The number of amides is 1. The van der Waals surface area contributed by atoms with Crippen LogP contribution in [0.3, 0.4) is 0 Å². The molecule has 0 unspecified atom stereocenters. The molecule has 0 aliphatic carbocycles. The molecule has 6 nitrogen and oxygen atoms in total. The molecule has 0 spiro atoms. The second-order valence-corrected chi connectivity index (χ2v) is 9.06. The Morgan fingerprint density at radius 3 is 2.11 bits per heavy atom. The van der Waals surface area contributed by atoms with Crippen LogP contribution in [0.1, 0.15) is 39.5 Å². The third-order valence-electron chi connectivity index (χ3n) is 5.96. The van der Waals surface area contributed by atoms with E-state index in [9.17, 15) is 18.0 Å². The van der Waals surface area contributed by atoms with Gasteiger partial charge in [-0.25, -0.2) is 4.98 Å². The lowest BCUT2D eigenvalue weighted by atomic mass is 10.1. The molecule has 0 radical (unpaired) electrons. The van der Waals surface area contributed by atoms with Gasteiger partial charge in [0.05, 0.1) is 24.4 Å². The summed E-state index contributed by atoms with van der Waals surface area (Å²) in [7, 11) is 1.09. The molecular weight excluding hydrogens is 497 g/mol. The van der Waals surface area contributed by atoms with E-state index in [0.29, 0.717) is 53.9 Å². The number of carbonyl (C=O) groups is 1. The van der Waals surface area contributed by atoms with Gasteiger partial charge < -0.3 is 19.1 Å². The number of rotatable bonds is 14. The van der Waals surface area contributed by atoms with E-state index in [1.165, 1.54) is 12.1 Å². The molecule has 0 atom stereocenters. The molecule has 9 heteroatoms. The highest BCUT2D eigenvalue weighted by molar-refractivity contribution is 5.97. The van der Waals surface area contributed by atoms with Gasteiger partial charge in [-0.1, -0.05) is 44.9 Å². The van der Waals surface area contributed by atoms with Crippen LogP contribution in [-0.4, -0.2) is 56.6 Å². The summed E-state index contributed by atoms with van der Waals surface area (Å²) in [5.41, 5.74) is 2.21. The van der Waals surface area contributed by atoms with Crippen LogP contribution in [0, 0.1) is 0 Å². The van der Waals surface area contributed by atoms with Crippen molar-refractivity contribution in [3.05, 3.63) is 54.6 Å². The van der Waals surface area contributed by atoms with Gasteiger partial charge in [0.1, 0.15) is 11.9 Å². The number of ether oxygens (including phenoxy) is 3. The number of pyridine rings is 1. The number of hydrogen-bond donors (Lipinski definition) is 0. The van der Waals surface area contributed by atoms with Gasteiger partial charge in [-0.2, -0.15) is 13.2 Å². The quantitative estimate of drug-likeness (QED) is 0.214. The largest absolute Gasteiger partial charge is 0.486 e. The lowest BCUT2D eigenvalue weighted by Gasteiger charge is -2.20. The molecule has 0 N–H and O–H groups in total. The van der Waals surface area contributed by atoms with E-state index in [1.807, 2.05) is 30.3 Å². The molecule has 0 saturated carbocycles. The molecule has 0 bridgehead atoms. The van der Waals surface area contributed by atoms with Crippen LogP contribution < -0.4 is 9.64 Å². The van der Waals surface area contributed by atoms with E-state index >= 15 is 0 Å². The number of benzene rings is 2. The van der Waals surface area contributed by atoms with Crippen LogP contribution in [0.15, 0.2) is 54.6 Å². The smallest absolute Gasteiger partial charge is 0.471 e. The number of alkyl halides is 3. The Labute approximate surface area is 221 Å². The minimum absolute atomic E-state index is 0.140. The van der Waals surface area contributed by atoms with E-state index in [1.54, 1.807) is 12.1 Å². The summed E-state index contributed by atoms with van der Waals surface area (Å²) in [6, 6.07) is 15.6. The second-order valence-electron chi connectivity index (χ2n) is 9.06. The first-order valence-electron chi connectivity index (χ1n) is 12.9. The van der Waals surface area contributed by atoms with E-state index < -0.39 is 12.1 Å². The van der Waals surface area contributed by atoms with E-state index in [0.717, 1.165) is 38.1 Å². The molecule has 0 fully saturated rings. The van der Waals surface area contributed by atoms with Gasteiger partial charge in [0, 0.05) is 43.0 Å². The first kappa shape index (κ1) is 29.4. The average molecular weight is 533 g/mol. The zero-order chi connectivity index (χ0) is 27.5. The lowest BCUT2D eigenvalue weighted by molar-refractivity contribution is -0.170. The average Bonchev–Trinajstić information content (AvgIpc) is 2.91. The highest BCUT2D eigenvalue weighted by atomic mass is 19.4. The molecular formula is C29H35F3N2O4. The van der Waals surface area contributed by atoms with E-state index in [4.69, 9.17) is 19.2 Å². The van der Waals surface area contributed by atoms with Gasteiger partial charge in [0.25, 0.3) is 0 Å². The number of halogens is 3. The molecule has 0 aliphatic rings. The van der Waals surface area contributed by atoms with Crippen LogP contribution in [0.4, 0.5) is 18.9 Å². The van der Waals surface area contributed by atoms with Crippen LogP contribution >= 0.6 is 0 Å². The summed E-state index contributed by atoms with van der Waals surface area (Å²) in [6.07, 6.45) is -1.10. The number of aromatic nitrogens is 1. The Hall–Kier alpha value is -3.17. The third-order valence-corrected chi connectivity index (χ3v) is 5.96. The first-order chi connectivity index (χ1) is 18.2. The molecule has 0 saturated heterocycles. The number of fused-ring (bicyclic) bond motifs is 1. The Morgan fingerprint density at radius 2 is 1.53 bits per heavy atom. The van der Waals surface area contributed by atoms with Gasteiger partial charge in [-0.3, -0.25) is 4.79 Å². The Balaban J connectivity index is 1.74. The van der Waals surface area contributed by atoms with E-state index in [2.05, 4.69) is 13.8 Å². The number of carbonyl (C=O) groups excluding carboxylic acids is 1. The van der Waals surface area contributed by atoms with Crippen molar-refractivity contribution in [1.82, 2.24) is 4.98 Å². The minimum atomic E-state index is -4.94. The van der Waals surface area contributed by atoms with Crippen molar-refractivity contribution in [3.63, 3.8) is 0 Å². The topological polar surface area (TPSA) is 60.9 Å². The van der Waals surface area contributed by atoms with Crippen LogP contribution in [-0.2, 0) is 14.3 Å². The standard InChI is InChI=1S/C29H35F3N2O4/c1-4-6-16-36-19-25(20-37-17-7-5-2)38-24-14-10-22-11-15-26(33-27(22)18-24)21-8-12-23(13-9-21)34(3)28(35)29(30,31)32/h8-15,18,25H,4-7,16-17,19-20H2,1-3H3. The van der Waals surface area contributed by atoms with Gasteiger partial charge in [-0.05, 0) is 43.2 Å². The van der Waals surface area contributed by atoms with Gasteiger partial charge in [-0.15, -0.1) is 0 Å². The fourth-order valence-electron chi connectivity index (χ4n) is 3.73. The lowest BCUT2D eigenvalue weighted by Crippen LogP contribution is -2.38. The van der Waals surface area contributed by atoms with Crippen molar-refractivity contribution >= 4 is 22.5 Å². The maximum atomic E-state index is 12.7. The maximum Gasteiger partial charge on any atom is 0.471 e. The summed E-state index contributed by atoms with van der Waals surface area (Å²) < 4.78 is 56.0. The fourth-order valence-corrected chi connectivity index (χ4v) is 3.73. The van der Waals surface area contributed by atoms with Crippen LogP contribution in [0.25, 0.3) is 22.2 Å². The van der Waals surface area contributed by atoms with Gasteiger partial charge in [0.15, 0.2) is 0 Å². The Kier molecular flexibility index (Phi) is 10.9. The zero-order valence-electron chi connectivity index (χ0n) is 22.1. The molecule has 1 amide bonds. The number of nitrogens with zero attached hydrogens (tertiary/aromatic N) is 2. The Morgan fingerprint density at radius 1 is 0.921 bits per heavy atom. The van der Waals surface area contributed by atoms with Crippen molar-refractivity contribution in [1.29, 1.82) is 0 Å². The zero-order valence-corrected chi connectivity index (χ0v) is 22.1. The fraction of sp³-hybridized carbons (Fsp3) is 0.448. The summed E-state index contributed by atoms with van der Waals surface area (Å²) in [4.78, 5) is 16.8. The van der Waals surface area contributed by atoms with Crippen LogP contribution in [0.5, 0.6) is 5.75 Å². The second kappa shape index (κ2) is 14.1. The van der Waals surface area contributed by atoms with Crippen molar-refractivity contribution in [2.75, 3.05) is 38.4 Å². The monoisotopic (exact) mass is 532 g/mol. The molecule has 1 heterocycles. The Bertz CT molecular complexity index is 1160. The van der Waals surface area contributed by atoms with E-state index in [-0.39, 0.29) is 11.8 Å². The third kappa shape index (κ3) is 8.43. The highest BCUT2D eigenvalue weighted by Gasteiger charge is 2.41. The maximum absolute atomic E-state index is 12.7. The first-order valence-corrected chi connectivity index (χ1v) is 12.9. The summed E-state index contributed by atoms with van der Waals surface area (Å²) in [6.45, 7) is 6.43. The molecule has 1 aromatic heterocycles. The predicted molar refractivity (Wildman–Crippen MR) is 143 cm³/mol. The van der Waals surface area contributed by atoms with Crippen LogP contribution in [0.2, 0.25) is 0 Å². The van der Waals surface area contributed by atoms with Crippen molar-refractivity contribution in [2.24, 2.45) is 0 Å². The normalized spacial score (nSPS) is 11.8. The highest BCUT2D eigenvalue weighted by Crippen LogP contribution is 2.28. The summed E-state index contributed by atoms with van der Waals surface area (Å²) in [5.74, 6) is -1.28. The molecule has 2 aromatic carbocycles. The molecule has 3 aromatic rings. The SMILES string of the molecule is CCCCOCC(COCCCC)Oc1ccc2ccc(-c3ccc(N(C)C(=O)C(F)(F)F)cc3)nc2c1.